The van der Waals surface area contributed by atoms with Gasteiger partial charge in [0.2, 0.25) is 0 Å². The van der Waals surface area contributed by atoms with Crippen LogP contribution in [0.2, 0.25) is 0 Å². The van der Waals surface area contributed by atoms with E-state index in [2.05, 4.69) is 229 Å². The zero-order valence-electron chi connectivity index (χ0n) is 31.1. The van der Waals surface area contributed by atoms with Crippen LogP contribution in [0.4, 0.5) is 34.1 Å². The lowest BCUT2D eigenvalue weighted by Gasteiger charge is -2.27. The molecule has 0 aliphatic rings. The summed E-state index contributed by atoms with van der Waals surface area (Å²) in [6, 6.07) is 73.9. The van der Waals surface area contributed by atoms with Gasteiger partial charge in [-0.1, -0.05) is 171 Å². The van der Waals surface area contributed by atoms with Crippen molar-refractivity contribution in [3.63, 3.8) is 0 Å². The highest BCUT2D eigenvalue weighted by atomic mass is 15.1. The third kappa shape index (κ3) is 6.55. The molecule has 0 spiro atoms. The lowest BCUT2D eigenvalue weighted by atomic mass is 9.94. The smallest absolute Gasteiger partial charge is 0.0540 e. The molecule has 2 nitrogen and oxygen atoms in total. The minimum atomic E-state index is 1.08. The van der Waals surface area contributed by atoms with Gasteiger partial charge >= 0.3 is 0 Å². The van der Waals surface area contributed by atoms with Crippen molar-refractivity contribution in [3.8, 4) is 22.3 Å². The van der Waals surface area contributed by atoms with Gasteiger partial charge in [0, 0.05) is 33.5 Å². The second kappa shape index (κ2) is 15.1. The van der Waals surface area contributed by atoms with Crippen LogP contribution in [0.3, 0.4) is 0 Å². The third-order valence-electron chi connectivity index (χ3n) is 10.5. The van der Waals surface area contributed by atoms with Crippen LogP contribution in [0.15, 0.2) is 219 Å². The van der Waals surface area contributed by atoms with Gasteiger partial charge in [-0.05, 0) is 105 Å². The monoisotopic (exact) mass is 716 g/mol. The van der Waals surface area contributed by atoms with Crippen molar-refractivity contribution in [1.82, 2.24) is 0 Å². The topological polar surface area (TPSA) is 6.48 Å². The molecule has 0 saturated heterocycles. The molecule has 266 valence electrons. The molecule has 0 fully saturated rings. The molecule has 0 aromatic heterocycles. The predicted octanol–water partition coefficient (Wildman–Crippen LogP) is 15.6. The molecule has 0 N–H and O–H groups in total. The first kappa shape index (κ1) is 34.4. The van der Waals surface area contributed by atoms with Crippen molar-refractivity contribution in [1.29, 1.82) is 0 Å². The molecule has 0 aliphatic heterocycles. The molecule has 0 atom stereocenters. The maximum absolute atomic E-state index is 4.04. The zero-order chi connectivity index (χ0) is 37.8. The average molecular weight is 717 g/mol. The van der Waals surface area contributed by atoms with E-state index in [9.17, 15) is 0 Å². The Kier molecular flexibility index (Phi) is 9.29. The summed E-state index contributed by atoms with van der Waals surface area (Å²) in [6.45, 7) is 8.08. The number of hydrogen-bond acceptors (Lipinski definition) is 2. The lowest BCUT2D eigenvalue weighted by Crippen LogP contribution is -2.10. The number of anilines is 6. The van der Waals surface area contributed by atoms with Crippen LogP contribution < -0.4 is 9.80 Å². The van der Waals surface area contributed by atoms with Gasteiger partial charge in [-0.3, -0.25) is 0 Å². The van der Waals surface area contributed by atoms with Gasteiger partial charge in [0.15, 0.2) is 0 Å². The van der Waals surface area contributed by atoms with E-state index in [0.717, 1.165) is 56.4 Å². The molecule has 2 heteroatoms. The summed E-state index contributed by atoms with van der Waals surface area (Å²) >= 11 is 0. The fourth-order valence-electron chi connectivity index (χ4n) is 7.81. The first-order chi connectivity index (χ1) is 27.7. The first-order valence-corrected chi connectivity index (χ1v) is 19.0. The fourth-order valence-corrected chi connectivity index (χ4v) is 7.81. The van der Waals surface area contributed by atoms with Crippen LogP contribution in [0.5, 0.6) is 0 Å². The Bertz CT molecular complexity index is 2640. The molecule has 0 aliphatic carbocycles. The molecule has 56 heavy (non-hydrogen) atoms. The molecular weight excluding hydrogens is 677 g/mol. The summed E-state index contributed by atoms with van der Waals surface area (Å²) < 4.78 is 0. The maximum Gasteiger partial charge on any atom is 0.0540 e. The lowest BCUT2D eigenvalue weighted by molar-refractivity contribution is 1.29. The van der Waals surface area contributed by atoms with Crippen molar-refractivity contribution >= 4 is 67.8 Å². The minimum Gasteiger partial charge on any atom is -0.310 e. The van der Waals surface area contributed by atoms with Crippen molar-refractivity contribution in [2.24, 2.45) is 0 Å². The van der Waals surface area contributed by atoms with Crippen LogP contribution in [-0.4, -0.2) is 0 Å². The molecule has 0 amide bonds. The fraction of sp³-hybridized carbons (Fsp3) is 0. The zero-order valence-corrected chi connectivity index (χ0v) is 31.1. The Morgan fingerprint density at radius 2 is 0.696 bits per heavy atom. The standard InChI is InChI=1S/C54H40N2/c1-3-39-15-11-21-47(37-39)55(53-27-13-19-41-17-5-7-25-51(41)53)45-33-29-43(30-34-45)49-23-9-10-24-50(49)44-31-35-46(36-32-44)56(48-22-12-16-40(4-2)38-48)54-28-14-20-42-18-6-8-26-52(42)54/h3-38H,1-2H2. The van der Waals surface area contributed by atoms with E-state index in [1.165, 1.54) is 32.7 Å². The predicted molar refractivity (Wildman–Crippen MR) is 242 cm³/mol. The molecule has 9 aromatic rings. The summed E-state index contributed by atoms with van der Waals surface area (Å²) in [5, 5.41) is 4.81. The van der Waals surface area contributed by atoms with Crippen LogP contribution in [0.25, 0.3) is 56.0 Å². The highest BCUT2D eigenvalue weighted by Gasteiger charge is 2.18. The van der Waals surface area contributed by atoms with E-state index in [4.69, 9.17) is 0 Å². The van der Waals surface area contributed by atoms with Gasteiger partial charge in [-0.25, -0.2) is 0 Å². The highest BCUT2D eigenvalue weighted by molar-refractivity contribution is 6.00. The van der Waals surface area contributed by atoms with Crippen molar-refractivity contribution < 1.29 is 0 Å². The summed E-state index contributed by atoms with van der Waals surface area (Å²) in [7, 11) is 0. The summed E-state index contributed by atoms with van der Waals surface area (Å²) in [4.78, 5) is 4.69. The van der Waals surface area contributed by atoms with Crippen LogP contribution in [0, 0.1) is 0 Å². The number of nitrogens with zero attached hydrogens (tertiary/aromatic N) is 2. The SMILES string of the molecule is C=Cc1cccc(N(c2ccc(-c3ccccc3-c3ccc(N(c4cccc(C=C)c4)c4cccc5ccccc45)cc3)cc2)c2cccc3ccccc23)c1. The van der Waals surface area contributed by atoms with Crippen LogP contribution in [-0.2, 0) is 0 Å². The molecule has 0 radical (unpaired) electrons. The summed E-state index contributed by atoms with van der Waals surface area (Å²) in [5.74, 6) is 0. The molecule has 9 aromatic carbocycles. The number of rotatable bonds is 10. The number of hydrogen-bond donors (Lipinski definition) is 0. The first-order valence-electron chi connectivity index (χ1n) is 19.0. The Hall–Kier alpha value is -7.42. The maximum atomic E-state index is 4.04. The second-order valence-corrected chi connectivity index (χ2v) is 13.9. The quantitative estimate of drug-likeness (QED) is 0.139. The Labute approximate surface area is 329 Å². The van der Waals surface area contributed by atoms with Gasteiger partial charge in [-0.2, -0.15) is 0 Å². The molecule has 0 bridgehead atoms. The highest BCUT2D eigenvalue weighted by Crippen LogP contribution is 2.43. The second-order valence-electron chi connectivity index (χ2n) is 13.9. The van der Waals surface area contributed by atoms with E-state index in [-0.39, 0.29) is 0 Å². The third-order valence-corrected chi connectivity index (χ3v) is 10.5. The van der Waals surface area contributed by atoms with E-state index in [1.807, 2.05) is 12.2 Å². The van der Waals surface area contributed by atoms with Gasteiger partial charge in [0.05, 0.1) is 11.4 Å². The minimum absolute atomic E-state index is 1.08. The summed E-state index contributed by atoms with van der Waals surface area (Å²) in [5.41, 5.74) is 13.4. The van der Waals surface area contributed by atoms with E-state index < -0.39 is 0 Å². The molecule has 0 heterocycles. The molecular formula is C54H40N2. The van der Waals surface area contributed by atoms with Crippen molar-refractivity contribution in [2.75, 3.05) is 9.80 Å². The van der Waals surface area contributed by atoms with Gasteiger partial charge in [0.1, 0.15) is 0 Å². The van der Waals surface area contributed by atoms with Crippen molar-refractivity contribution in [3.05, 3.63) is 231 Å². The Balaban J connectivity index is 1.10. The van der Waals surface area contributed by atoms with E-state index in [1.54, 1.807) is 0 Å². The Morgan fingerprint density at radius 3 is 1.12 bits per heavy atom. The normalized spacial score (nSPS) is 11.0. The molecule has 0 saturated carbocycles. The van der Waals surface area contributed by atoms with E-state index in [0.29, 0.717) is 0 Å². The largest absolute Gasteiger partial charge is 0.310 e. The van der Waals surface area contributed by atoms with Crippen LogP contribution >= 0.6 is 0 Å². The average Bonchev–Trinajstić information content (AvgIpc) is 3.27. The number of fused-ring (bicyclic) bond motifs is 2. The summed E-state index contributed by atoms with van der Waals surface area (Å²) in [6.07, 6.45) is 3.80. The van der Waals surface area contributed by atoms with Crippen molar-refractivity contribution in [2.45, 2.75) is 0 Å². The molecule has 0 unspecified atom stereocenters. The number of benzene rings is 9. The van der Waals surface area contributed by atoms with Crippen LogP contribution in [0.1, 0.15) is 11.1 Å². The van der Waals surface area contributed by atoms with Gasteiger partial charge < -0.3 is 9.80 Å². The van der Waals surface area contributed by atoms with Gasteiger partial charge in [-0.15, -0.1) is 0 Å². The molecule has 9 rings (SSSR count). The van der Waals surface area contributed by atoms with E-state index >= 15 is 0 Å². The Morgan fingerprint density at radius 1 is 0.321 bits per heavy atom. The van der Waals surface area contributed by atoms with Gasteiger partial charge in [0.25, 0.3) is 0 Å².